The molecule has 0 aromatic rings. The predicted molar refractivity (Wildman–Crippen MR) is 48.0 cm³/mol. The van der Waals surface area contributed by atoms with Gasteiger partial charge in [-0.2, -0.15) is 0 Å². The number of aliphatic carboxylic acids is 1. The van der Waals surface area contributed by atoms with Crippen molar-refractivity contribution in [2.24, 2.45) is 0 Å². The molecule has 0 bridgehead atoms. The van der Waals surface area contributed by atoms with Crippen molar-refractivity contribution in [2.45, 2.75) is 12.5 Å². The van der Waals surface area contributed by atoms with Crippen LogP contribution < -0.4 is 5.32 Å². The predicted octanol–water partition coefficient (Wildman–Crippen LogP) is -0.499. The van der Waals surface area contributed by atoms with Crippen LogP contribution in [0.4, 0.5) is 4.79 Å². The Balaban J connectivity index is 2.19. The van der Waals surface area contributed by atoms with E-state index in [0.29, 0.717) is 13.2 Å². The number of carbonyl (C=O) groups is 2. The van der Waals surface area contributed by atoms with Gasteiger partial charge in [0.05, 0.1) is 12.6 Å². The van der Waals surface area contributed by atoms with E-state index >= 15 is 0 Å². The monoisotopic (exact) mass is 202 g/mol. The molecule has 6 heteroatoms. The smallest absolute Gasteiger partial charge is 0.329 e. The average Bonchev–Trinajstić information content (AvgIpc) is 2.09. The lowest BCUT2D eigenvalue weighted by atomic mass is 10.1. The molecule has 6 nitrogen and oxygen atoms in total. The summed E-state index contributed by atoms with van der Waals surface area (Å²) in [4.78, 5) is 22.9. The SMILES string of the molecule is CNC(=O)N1CCC1COCC(=O)O. The van der Waals surface area contributed by atoms with Crippen molar-refractivity contribution in [1.29, 1.82) is 0 Å². The second-order valence-corrected chi connectivity index (χ2v) is 3.10. The second-order valence-electron chi connectivity index (χ2n) is 3.10. The Hall–Kier alpha value is -1.30. The number of carboxylic acid groups (broad SMARTS) is 1. The maximum atomic E-state index is 11.1. The Morgan fingerprint density at radius 3 is 2.79 bits per heavy atom. The second kappa shape index (κ2) is 4.80. The molecule has 0 radical (unpaired) electrons. The number of amides is 2. The van der Waals surface area contributed by atoms with Crippen LogP contribution in [0.2, 0.25) is 0 Å². The van der Waals surface area contributed by atoms with Gasteiger partial charge in [-0.25, -0.2) is 9.59 Å². The largest absolute Gasteiger partial charge is 0.480 e. The first-order valence-corrected chi connectivity index (χ1v) is 4.43. The van der Waals surface area contributed by atoms with Crippen LogP contribution in [-0.4, -0.2) is 54.9 Å². The van der Waals surface area contributed by atoms with Gasteiger partial charge in [-0.3, -0.25) is 0 Å². The molecule has 1 aliphatic rings. The average molecular weight is 202 g/mol. The van der Waals surface area contributed by atoms with E-state index in [9.17, 15) is 9.59 Å². The standard InChI is InChI=1S/C8H14N2O4/c1-9-8(13)10-3-2-6(10)4-14-5-7(11)12/h6H,2-5H2,1H3,(H,9,13)(H,11,12). The molecule has 1 atom stereocenters. The van der Waals surface area contributed by atoms with Crippen LogP contribution in [0.25, 0.3) is 0 Å². The van der Waals surface area contributed by atoms with Gasteiger partial charge in [0.25, 0.3) is 0 Å². The number of nitrogens with zero attached hydrogens (tertiary/aromatic N) is 1. The summed E-state index contributed by atoms with van der Waals surface area (Å²) in [5.74, 6) is -0.990. The van der Waals surface area contributed by atoms with E-state index in [1.54, 1.807) is 11.9 Å². The van der Waals surface area contributed by atoms with Crippen LogP contribution in [0.5, 0.6) is 0 Å². The van der Waals surface area contributed by atoms with E-state index in [-0.39, 0.29) is 18.7 Å². The summed E-state index contributed by atoms with van der Waals surface area (Å²) in [6, 6.07) is -0.116. The number of nitrogens with one attached hydrogen (secondary N) is 1. The van der Waals surface area contributed by atoms with Crippen LogP contribution in [0.3, 0.4) is 0 Å². The van der Waals surface area contributed by atoms with Crippen LogP contribution in [0.1, 0.15) is 6.42 Å². The Morgan fingerprint density at radius 1 is 1.64 bits per heavy atom. The zero-order chi connectivity index (χ0) is 10.6. The first-order valence-electron chi connectivity index (χ1n) is 4.43. The van der Waals surface area contributed by atoms with Gasteiger partial charge < -0.3 is 20.1 Å². The maximum Gasteiger partial charge on any atom is 0.329 e. The Morgan fingerprint density at radius 2 is 2.36 bits per heavy atom. The lowest BCUT2D eigenvalue weighted by Crippen LogP contribution is -2.56. The topological polar surface area (TPSA) is 78.9 Å². The molecule has 0 aromatic heterocycles. The highest BCUT2D eigenvalue weighted by Gasteiger charge is 2.31. The molecule has 0 saturated carbocycles. The normalized spacial score (nSPS) is 20.1. The molecule has 1 unspecified atom stereocenters. The third-order valence-corrected chi connectivity index (χ3v) is 2.15. The van der Waals surface area contributed by atoms with Crippen LogP contribution in [0.15, 0.2) is 0 Å². The fourth-order valence-electron chi connectivity index (χ4n) is 1.31. The summed E-state index contributed by atoms with van der Waals surface area (Å²) in [6.45, 7) is 0.693. The van der Waals surface area contributed by atoms with Gasteiger partial charge in [-0.05, 0) is 6.42 Å². The van der Waals surface area contributed by atoms with E-state index in [0.717, 1.165) is 6.42 Å². The highest BCUT2D eigenvalue weighted by molar-refractivity contribution is 5.75. The molecule has 1 saturated heterocycles. The fraction of sp³-hybridized carbons (Fsp3) is 0.750. The maximum absolute atomic E-state index is 11.1. The third kappa shape index (κ3) is 2.59. The van der Waals surface area contributed by atoms with Gasteiger partial charge in [0.15, 0.2) is 0 Å². The molecule has 1 rings (SSSR count). The van der Waals surface area contributed by atoms with E-state index in [2.05, 4.69) is 5.32 Å². The van der Waals surface area contributed by atoms with Crippen molar-refractivity contribution in [2.75, 3.05) is 26.8 Å². The molecule has 14 heavy (non-hydrogen) atoms. The minimum Gasteiger partial charge on any atom is -0.480 e. The van der Waals surface area contributed by atoms with E-state index in [1.807, 2.05) is 0 Å². The molecule has 1 fully saturated rings. The minimum absolute atomic E-state index is 0.0225. The molecule has 0 aromatic carbocycles. The van der Waals surface area contributed by atoms with Gasteiger partial charge in [0.1, 0.15) is 6.61 Å². The molecule has 1 aliphatic heterocycles. The molecular formula is C8H14N2O4. The minimum atomic E-state index is -0.990. The Kier molecular flexibility index (Phi) is 3.70. The fourth-order valence-corrected chi connectivity index (χ4v) is 1.31. The quantitative estimate of drug-likeness (QED) is 0.644. The summed E-state index contributed by atoms with van der Waals surface area (Å²) >= 11 is 0. The van der Waals surface area contributed by atoms with Gasteiger partial charge in [0.2, 0.25) is 0 Å². The number of likely N-dealkylation sites (tertiary alicyclic amines) is 1. The first-order chi connectivity index (χ1) is 6.65. The summed E-state index contributed by atoms with van der Waals surface area (Å²) in [5, 5.41) is 10.8. The van der Waals surface area contributed by atoms with Crippen molar-refractivity contribution in [3.63, 3.8) is 0 Å². The highest BCUT2D eigenvalue weighted by Crippen LogP contribution is 2.17. The Labute approximate surface area is 81.8 Å². The van der Waals surface area contributed by atoms with Crippen molar-refractivity contribution in [3.8, 4) is 0 Å². The van der Waals surface area contributed by atoms with Gasteiger partial charge in [-0.15, -0.1) is 0 Å². The molecule has 80 valence electrons. The highest BCUT2D eigenvalue weighted by atomic mass is 16.5. The lowest BCUT2D eigenvalue weighted by molar-refractivity contribution is -0.143. The zero-order valence-corrected chi connectivity index (χ0v) is 8.02. The number of urea groups is 1. The summed E-state index contributed by atoms with van der Waals surface area (Å²) in [6.07, 6.45) is 0.868. The van der Waals surface area contributed by atoms with Crippen molar-refractivity contribution in [3.05, 3.63) is 0 Å². The van der Waals surface area contributed by atoms with Crippen LogP contribution in [0, 0.1) is 0 Å². The summed E-state index contributed by atoms with van der Waals surface area (Å²) in [5.41, 5.74) is 0. The molecular weight excluding hydrogens is 188 g/mol. The van der Waals surface area contributed by atoms with Crippen LogP contribution in [-0.2, 0) is 9.53 Å². The van der Waals surface area contributed by atoms with Crippen LogP contribution >= 0.6 is 0 Å². The number of hydrogen-bond acceptors (Lipinski definition) is 3. The summed E-state index contributed by atoms with van der Waals surface area (Å²) < 4.78 is 4.90. The number of ether oxygens (including phenoxy) is 1. The molecule has 0 spiro atoms. The molecule has 0 aliphatic carbocycles. The van der Waals surface area contributed by atoms with Gasteiger partial charge in [-0.1, -0.05) is 0 Å². The van der Waals surface area contributed by atoms with Crippen molar-refractivity contribution < 1.29 is 19.4 Å². The number of rotatable bonds is 4. The first kappa shape index (κ1) is 10.8. The third-order valence-electron chi connectivity index (χ3n) is 2.15. The van der Waals surface area contributed by atoms with Crippen molar-refractivity contribution >= 4 is 12.0 Å². The van der Waals surface area contributed by atoms with Crippen molar-refractivity contribution in [1.82, 2.24) is 10.2 Å². The molecule has 1 heterocycles. The van der Waals surface area contributed by atoms with E-state index in [4.69, 9.17) is 9.84 Å². The zero-order valence-electron chi connectivity index (χ0n) is 8.02. The van der Waals surface area contributed by atoms with E-state index in [1.165, 1.54) is 0 Å². The number of hydrogen-bond donors (Lipinski definition) is 2. The van der Waals surface area contributed by atoms with Gasteiger partial charge in [0, 0.05) is 13.6 Å². The molecule has 2 amide bonds. The molecule has 2 N–H and O–H groups in total. The number of carbonyl (C=O) groups excluding carboxylic acids is 1. The lowest BCUT2D eigenvalue weighted by Gasteiger charge is -2.40. The summed E-state index contributed by atoms with van der Waals surface area (Å²) in [7, 11) is 1.57. The Bertz CT molecular complexity index is 231. The van der Waals surface area contributed by atoms with E-state index < -0.39 is 5.97 Å². The number of carboxylic acids is 1. The van der Waals surface area contributed by atoms with Gasteiger partial charge >= 0.3 is 12.0 Å².